The van der Waals surface area contributed by atoms with E-state index in [0.29, 0.717) is 6.61 Å². The first-order chi connectivity index (χ1) is 7.25. The van der Waals surface area contributed by atoms with Crippen LogP contribution < -0.4 is 0 Å². The fourth-order valence-corrected chi connectivity index (χ4v) is 2.00. The van der Waals surface area contributed by atoms with E-state index in [0.717, 1.165) is 18.3 Å². The first-order valence-electron chi connectivity index (χ1n) is 5.28. The number of aromatic nitrogens is 3. The third kappa shape index (κ3) is 2.55. The zero-order valence-electron chi connectivity index (χ0n) is 8.77. The lowest BCUT2D eigenvalue weighted by molar-refractivity contribution is 0.0431. The second-order valence-corrected chi connectivity index (χ2v) is 4.20. The van der Waals surface area contributed by atoms with Crippen LogP contribution in [-0.2, 0) is 4.74 Å². The minimum absolute atomic E-state index is 0.178. The maximum absolute atomic E-state index is 11.3. The van der Waals surface area contributed by atoms with E-state index in [2.05, 4.69) is 22.1 Å². The lowest BCUT2D eigenvalue weighted by Gasteiger charge is -2.32. The third-order valence-corrected chi connectivity index (χ3v) is 2.84. The van der Waals surface area contributed by atoms with Crippen molar-refractivity contribution in [1.82, 2.24) is 15.2 Å². The predicted molar refractivity (Wildman–Crippen MR) is 53.2 cm³/mol. The van der Waals surface area contributed by atoms with Gasteiger partial charge in [0.2, 0.25) is 5.82 Å². The fraction of sp³-hybridized carbons (Fsp3) is 0.700. The van der Waals surface area contributed by atoms with Crippen molar-refractivity contribution in [2.45, 2.75) is 26.2 Å². The molecule has 0 bridgehead atoms. The Labute approximate surface area is 88.2 Å². The molecule has 1 aliphatic rings. The number of carbonyl (C=O) groups is 1. The van der Waals surface area contributed by atoms with E-state index < -0.39 is 5.97 Å². The molecular formula is C10H15N3O2. The Kier molecular flexibility index (Phi) is 2.99. The number of ether oxygens (including phenoxy) is 1. The van der Waals surface area contributed by atoms with E-state index >= 15 is 0 Å². The second kappa shape index (κ2) is 4.42. The maximum Gasteiger partial charge on any atom is 0.375 e. The molecule has 2 rings (SSSR count). The molecule has 0 spiro atoms. The lowest BCUT2D eigenvalue weighted by Crippen LogP contribution is -2.23. The van der Waals surface area contributed by atoms with Gasteiger partial charge in [0.25, 0.3) is 0 Å². The highest BCUT2D eigenvalue weighted by Crippen LogP contribution is 2.35. The molecule has 0 amide bonds. The van der Waals surface area contributed by atoms with Crippen molar-refractivity contribution in [2.24, 2.45) is 11.8 Å². The van der Waals surface area contributed by atoms with Crippen LogP contribution in [0.3, 0.4) is 0 Å². The van der Waals surface area contributed by atoms with E-state index in [1.165, 1.54) is 19.2 Å². The van der Waals surface area contributed by atoms with Crippen LogP contribution in [0.1, 0.15) is 36.8 Å². The molecule has 0 aliphatic heterocycles. The number of nitrogens with zero attached hydrogens (tertiary/aromatic N) is 2. The van der Waals surface area contributed by atoms with Crippen LogP contribution >= 0.6 is 0 Å². The van der Waals surface area contributed by atoms with Gasteiger partial charge in [-0.2, -0.15) is 5.10 Å². The van der Waals surface area contributed by atoms with Crippen molar-refractivity contribution in [2.75, 3.05) is 6.61 Å². The van der Waals surface area contributed by atoms with Gasteiger partial charge in [-0.05, 0) is 31.1 Å². The Morgan fingerprint density at radius 2 is 2.47 bits per heavy atom. The quantitative estimate of drug-likeness (QED) is 0.761. The third-order valence-electron chi connectivity index (χ3n) is 2.84. The van der Waals surface area contributed by atoms with Crippen LogP contribution in [0.2, 0.25) is 0 Å². The molecule has 82 valence electrons. The minimum Gasteiger partial charge on any atom is -0.460 e. The normalized spacial score (nSPS) is 24.6. The number of H-pyrrole nitrogens is 1. The molecule has 0 unspecified atom stereocenters. The van der Waals surface area contributed by atoms with Gasteiger partial charge in [0.05, 0.1) is 6.61 Å². The molecule has 15 heavy (non-hydrogen) atoms. The summed E-state index contributed by atoms with van der Waals surface area (Å²) in [4.78, 5) is 15.0. The van der Waals surface area contributed by atoms with Crippen LogP contribution in [0.25, 0.3) is 0 Å². The molecular weight excluding hydrogens is 194 g/mol. The summed E-state index contributed by atoms with van der Waals surface area (Å²) >= 11 is 0. The summed E-state index contributed by atoms with van der Waals surface area (Å²) in [6, 6.07) is 0. The first kappa shape index (κ1) is 10.1. The van der Waals surface area contributed by atoms with Gasteiger partial charge in [-0.1, -0.05) is 6.92 Å². The largest absolute Gasteiger partial charge is 0.460 e. The van der Waals surface area contributed by atoms with E-state index in [1.807, 2.05) is 0 Å². The van der Waals surface area contributed by atoms with E-state index in [1.54, 1.807) is 0 Å². The van der Waals surface area contributed by atoms with Gasteiger partial charge in [-0.15, -0.1) is 0 Å². The Hall–Kier alpha value is -1.39. The zero-order valence-corrected chi connectivity index (χ0v) is 8.77. The molecule has 1 aromatic rings. The molecule has 1 saturated carbocycles. The highest BCUT2D eigenvalue weighted by Gasteiger charge is 2.25. The Morgan fingerprint density at radius 3 is 3.07 bits per heavy atom. The van der Waals surface area contributed by atoms with Crippen molar-refractivity contribution in [3.05, 3.63) is 12.2 Å². The number of hydrogen-bond acceptors (Lipinski definition) is 4. The number of carbonyl (C=O) groups excluding carboxylic acids is 1. The van der Waals surface area contributed by atoms with E-state index in [4.69, 9.17) is 4.74 Å². The van der Waals surface area contributed by atoms with Gasteiger partial charge in [0, 0.05) is 0 Å². The Morgan fingerprint density at radius 1 is 1.67 bits per heavy atom. The highest BCUT2D eigenvalue weighted by molar-refractivity contribution is 5.84. The van der Waals surface area contributed by atoms with Crippen LogP contribution in [0.15, 0.2) is 6.33 Å². The molecule has 1 fully saturated rings. The summed E-state index contributed by atoms with van der Waals surface area (Å²) in [6.07, 6.45) is 4.79. The van der Waals surface area contributed by atoms with Gasteiger partial charge in [0.15, 0.2) is 0 Å². The molecule has 5 heteroatoms. The van der Waals surface area contributed by atoms with Crippen LogP contribution in [0.4, 0.5) is 0 Å². The van der Waals surface area contributed by atoms with Gasteiger partial charge in [0.1, 0.15) is 6.33 Å². The van der Waals surface area contributed by atoms with Crippen molar-refractivity contribution in [3.63, 3.8) is 0 Å². The standard InChI is InChI=1S/C10H15N3O2/c1-7-4-8(5-7)2-3-15-10(14)9-11-6-12-13-9/h6-8H,2-5H2,1H3,(H,11,12,13). The van der Waals surface area contributed by atoms with Crippen molar-refractivity contribution in [3.8, 4) is 0 Å². The van der Waals surface area contributed by atoms with Gasteiger partial charge in [-0.3, -0.25) is 5.10 Å². The minimum atomic E-state index is -0.417. The van der Waals surface area contributed by atoms with Crippen molar-refractivity contribution in [1.29, 1.82) is 0 Å². The topological polar surface area (TPSA) is 67.9 Å². The number of rotatable bonds is 4. The Balaban J connectivity index is 1.64. The maximum atomic E-state index is 11.3. The second-order valence-electron chi connectivity index (χ2n) is 4.20. The number of aromatic amines is 1. The van der Waals surface area contributed by atoms with Gasteiger partial charge >= 0.3 is 5.97 Å². The SMILES string of the molecule is CC1CC(CCOC(=O)c2ncn[nH]2)C1. The van der Waals surface area contributed by atoms with E-state index in [9.17, 15) is 4.79 Å². The van der Waals surface area contributed by atoms with Crippen molar-refractivity contribution < 1.29 is 9.53 Å². The van der Waals surface area contributed by atoms with Crippen LogP contribution in [-0.4, -0.2) is 27.8 Å². The zero-order chi connectivity index (χ0) is 10.7. The number of nitrogens with one attached hydrogen (secondary N) is 1. The lowest BCUT2D eigenvalue weighted by atomic mass is 9.75. The predicted octanol–water partition coefficient (Wildman–Crippen LogP) is 1.40. The average Bonchev–Trinajstić information content (AvgIpc) is 2.67. The molecule has 5 nitrogen and oxygen atoms in total. The highest BCUT2D eigenvalue weighted by atomic mass is 16.5. The summed E-state index contributed by atoms with van der Waals surface area (Å²) < 4.78 is 5.06. The molecule has 1 heterocycles. The summed E-state index contributed by atoms with van der Waals surface area (Å²) in [5.41, 5.74) is 0. The monoisotopic (exact) mass is 209 g/mol. The van der Waals surface area contributed by atoms with Crippen molar-refractivity contribution >= 4 is 5.97 Å². The molecule has 0 aromatic carbocycles. The van der Waals surface area contributed by atoms with Gasteiger partial charge < -0.3 is 4.74 Å². The van der Waals surface area contributed by atoms with Gasteiger partial charge in [-0.25, -0.2) is 9.78 Å². The molecule has 0 atom stereocenters. The molecule has 1 aromatic heterocycles. The van der Waals surface area contributed by atoms with E-state index in [-0.39, 0.29) is 5.82 Å². The summed E-state index contributed by atoms with van der Waals surface area (Å²) in [5.74, 6) is 1.35. The average molecular weight is 209 g/mol. The smallest absolute Gasteiger partial charge is 0.375 e. The Bertz CT molecular complexity index is 317. The first-order valence-corrected chi connectivity index (χ1v) is 5.28. The molecule has 0 saturated heterocycles. The molecule has 1 aliphatic carbocycles. The summed E-state index contributed by atoms with van der Waals surface area (Å²) in [7, 11) is 0. The fourth-order valence-electron chi connectivity index (χ4n) is 2.00. The number of hydrogen-bond donors (Lipinski definition) is 1. The van der Waals surface area contributed by atoms with Crippen LogP contribution in [0, 0.1) is 11.8 Å². The summed E-state index contributed by atoms with van der Waals surface area (Å²) in [5, 5.41) is 6.06. The van der Waals surface area contributed by atoms with Crippen LogP contribution in [0.5, 0.6) is 0 Å². The molecule has 1 N–H and O–H groups in total. The number of esters is 1. The summed E-state index contributed by atoms with van der Waals surface area (Å²) in [6.45, 7) is 2.73. The molecule has 0 radical (unpaired) electrons.